The Balaban J connectivity index is 2.20. The molecular formula is C12H8F3N3O2. The second-order valence-electron chi connectivity index (χ2n) is 3.72. The average Bonchev–Trinajstić information content (AvgIpc) is 2.38. The number of nitrogens with zero attached hydrogens (tertiary/aromatic N) is 2. The maximum Gasteiger partial charge on any atom is 0.416 e. The summed E-state index contributed by atoms with van der Waals surface area (Å²) >= 11 is 0. The van der Waals surface area contributed by atoms with Crippen LogP contribution in [0.25, 0.3) is 0 Å². The first-order chi connectivity index (χ1) is 9.36. The monoisotopic (exact) mass is 283 g/mol. The normalized spacial score (nSPS) is 11.2. The molecule has 0 fully saturated rings. The zero-order chi connectivity index (χ0) is 14.8. The molecule has 0 aliphatic rings. The van der Waals surface area contributed by atoms with Gasteiger partial charge in [-0.2, -0.15) is 13.2 Å². The van der Waals surface area contributed by atoms with E-state index in [-0.39, 0.29) is 17.4 Å². The van der Waals surface area contributed by atoms with Crippen molar-refractivity contribution < 1.29 is 22.7 Å². The van der Waals surface area contributed by atoms with Crippen LogP contribution in [0.5, 0.6) is 5.75 Å². The Kier molecular flexibility index (Phi) is 3.55. The molecule has 0 amide bonds. The Morgan fingerprint density at radius 2 is 2.00 bits per heavy atom. The number of hydrogen-bond donors (Lipinski definition) is 1. The molecule has 0 aliphatic carbocycles. The number of benzene rings is 1. The van der Waals surface area contributed by atoms with E-state index in [1.54, 1.807) is 0 Å². The summed E-state index contributed by atoms with van der Waals surface area (Å²) in [4.78, 5) is 18.9. The topological polar surface area (TPSA) is 78.1 Å². The van der Waals surface area contributed by atoms with Crippen LogP contribution in [0.15, 0.2) is 36.5 Å². The standard InChI is InChI=1S/C12H8F3N3O2/c13-12(14,15)7-2-1-3-8(6-7)20-10(19)9-4-5-17-11(16)18-9/h1-6H,(H2,16,17,18). The summed E-state index contributed by atoms with van der Waals surface area (Å²) in [6.45, 7) is 0. The third-order valence-corrected chi connectivity index (χ3v) is 2.26. The average molecular weight is 283 g/mol. The first-order valence-electron chi connectivity index (χ1n) is 5.34. The Labute approximate surface area is 111 Å². The van der Waals surface area contributed by atoms with Crippen molar-refractivity contribution in [3.05, 3.63) is 47.8 Å². The lowest BCUT2D eigenvalue weighted by molar-refractivity contribution is -0.137. The van der Waals surface area contributed by atoms with Gasteiger partial charge >= 0.3 is 12.1 Å². The van der Waals surface area contributed by atoms with Crippen molar-refractivity contribution >= 4 is 11.9 Å². The van der Waals surface area contributed by atoms with Gasteiger partial charge in [-0.15, -0.1) is 0 Å². The smallest absolute Gasteiger partial charge is 0.416 e. The summed E-state index contributed by atoms with van der Waals surface area (Å²) in [5.74, 6) is -1.29. The molecule has 8 heteroatoms. The van der Waals surface area contributed by atoms with Gasteiger partial charge in [-0.05, 0) is 24.3 Å². The van der Waals surface area contributed by atoms with E-state index in [1.165, 1.54) is 18.3 Å². The van der Waals surface area contributed by atoms with E-state index < -0.39 is 17.7 Å². The molecule has 0 aliphatic heterocycles. The van der Waals surface area contributed by atoms with Gasteiger partial charge in [0.15, 0.2) is 5.69 Å². The lowest BCUT2D eigenvalue weighted by Gasteiger charge is -2.08. The Hall–Kier alpha value is -2.64. The van der Waals surface area contributed by atoms with E-state index in [2.05, 4.69) is 9.97 Å². The summed E-state index contributed by atoms with van der Waals surface area (Å²) in [6.07, 6.45) is -3.27. The van der Waals surface area contributed by atoms with Gasteiger partial charge in [0.05, 0.1) is 5.56 Å². The van der Waals surface area contributed by atoms with E-state index in [0.717, 1.165) is 18.2 Å². The highest BCUT2D eigenvalue weighted by Gasteiger charge is 2.30. The number of rotatable bonds is 2. The summed E-state index contributed by atoms with van der Waals surface area (Å²) < 4.78 is 42.3. The van der Waals surface area contributed by atoms with Gasteiger partial charge in [0, 0.05) is 6.20 Å². The molecule has 20 heavy (non-hydrogen) atoms. The fraction of sp³-hybridized carbons (Fsp3) is 0.0833. The van der Waals surface area contributed by atoms with Crippen LogP contribution in [0.3, 0.4) is 0 Å². The van der Waals surface area contributed by atoms with Crippen molar-refractivity contribution in [3.8, 4) is 5.75 Å². The highest BCUT2D eigenvalue weighted by molar-refractivity contribution is 5.89. The molecule has 0 saturated carbocycles. The number of ether oxygens (including phenoxy) is 1. The third-order valence-electron chi connectivity index (χ3n) is 2.26. The molecule has 0 unspecified atom stereocenters. The highest BCUT2D eigenvalue weighted by Crippen LogP contribution is 2.31. The van der Waals surface area contributed by atoms with Gasteiger partial charge in [-0.25, -0.2) is 14.8 Å². The fourth-order valence-electron chi connectivity index (χ4n) is 1.38. The van der Waals surface area contributed by atoms with E-state index in [9.17, 15) is 18.0 Å². The SMILES string of the molecule is Nc1nccc(C(=O)Oc2cccc(C(F)(F)F)c2)n1. The largest absolute Gasteiger partial charge is 0.422 e. The molecule has 0 bridgehead atoms. The zero-order valence-corrected chi connectivity index (χ0v) is 9.89. The number of nitrogen functional groups attached to an aromatic ring is 1. The number of carbonyl (C=O) groups is 1. The molecule has 0 atom stereocenters. The van der Waals surface area contributed by atoms with Crippen molar-refractivity contribution in [2.24, 2.45) is 0 Å². The van der Waals surface area contributed by atoms with Crippen LogP contribution in [0.1, 0.15) is 16.1 Å². The van der Waals surface area contributed by atoms with Gasteiger partial charge in [-0.3, -0.25) is 0 Å². The van der Waals surface area contributed by atoms with Crippen LogP contribution < -0.4 is 10.5 Å². The van der Waals surface area contributed by atoms with Crippen molar-refractivity contribution in [2.75, 3.05) is 5.73 Å². The molecule has 1 heterocycles. The molecule has 0 spiro atoms. The van der Waals surface area contributed by atoms with Gasteiger partial charge < -0.3 is 10.5 Å². The number of halogens is 3. The maximum absolute atomic E-state index is 12.5. The predicted molar refractivity (Wildman–Crippen MR) is 62.8 cm³/mol. The first kappa shape index (κ1) is 13.8. The lowest BCUT2D eigenvalue weighted by atomic mass is 10.2. The van der Waals surface area contributed by atoms with Crippen LogP contribution in [0.4, 0.5) is 19.1 Å². The molecule has 0 radical (unpaired) electrons. The van der Waals surface area contributed by atoms with E-state index in [1.807, 2.05) is 0 Å². The lowest BCUT2D eigenvalue weighted by Crippen LogP contribution is -2.13. The molecule has 1 aromatic heterocycles. The van der Waals surface area contributed by atoms with E-state index in [0.29, 0.717) is 0 Å². The number of alkyl halides is 3. The van der Waals surface area contributed by atoms with Gasteiger partial charge in [0.25, 0.3) is 0 Å². The molecular weight excluding hydrogens is 275 g/mol. The molecule has 2 aromatic rings. The van der Waals surface area contributed by atoms with Crippen molar-refractivity contribution in [1.82, 2.24) is 9.97 Å². The van der Waals surface area contributed by atoms with Crippen LogP contribution in [0, 0.1) is 0 Å². The van der Waals surface area contributed by atoms with Crippen molar-refractivity contribution in [1.29, 1.82) is 0 Å². The quantitative estimate of drug-likeness (QED) is 0.676. The van der Waals surface area contributed by atoms with Crippen molar-refractivity contribution in [3.63, 3.8) is 0 Å². The molecule has 0 saturated heterocycles. The number of esters is 1. The van der Waals surface area contributed by atoms with E-state index in [4.69, 9.17) is 10.5 Å². The Bertz CT molecular complexity index is 644. The maximum atomic E-state index is 12.5. The fourth-order valence-corrected chi connectivity index (χ4v) is 1.38. The van der Waals surface area contributed by atoms with Crippen LogP contribution >= 0.6 is 0 Å². The molecule has 1 aromatic carbocycles. The summed E-state index contributed by atoms with van der Waals surface area (Å²) in [5, 5.41) is 0. The Morgan fingerprint density at radius 3 is 2.65 bits per heavy atom. The number of hydrogen-bond acceptors (Lipinski definition) is 5. The van der Waals surface area contributed by atoms with Crippen LogP contribution in [0.2, 0.25) is 0 Å². The predicted octanol–water partition coefficient (Wildman–Crippen LogP) is 2.30. The second kappa shape index (κ2) is 5.16. The third kappa shape index (κ3) is 3.22. The summed E-state index contributed by atoms with van der Waals surface area (Å²) in [6, 6.07) is 5.21. The minimum absolute atomic E-state index is 0.136. The number of nitrogens with two attached hydrogens (primary N) is 1. The van der Waals surface area contributed by atoms with Crippen LogP contribution in [-0.4, -0.2) is 15.9 Å². The minimum atomic E-state index is -4.51. The van der Waals surface area contributed by atoms with Crippen molar-refractivity contribution in [2.45, 2.75) is 6.18 Å². The summed E-state index contributed by atoms with van der Waals surface area (Å²) in [5.41, 5.74) is 4.24. The number of aromatic nitrogens is 2. The van der Waals surface area contributed by atoms with Crippen LogP contribution in [-0.2, 0) is 6.18 Å². The Morgan fingerprint density at radius 1 is 1.25 bits per heavy atom. The second-order valence-corrected chi connectivity index (χ2v) is 3.72. The zero-order valence-electron chi connectivity index (χ0n) is 9.89. The highest BCUT2D eigenvalue weighted by atomic mass is 19.4. The number of carbonyl (C=O) groups excluding carboxylic acids is 1. The number of anilines is 1. The van der Waals surface area contributed by atoms with Gasteiger partial charge in [0.1, 0.15) is 5.75 Å². The van der Waals surface area contributed by atoms with Gasteiger partial charge in [0.2, 0.25) is 5.95 Å². The first-order valence-corrected chi connectivity index (χ1v) is 5.34. The molecule has 5 nitrogen and oxygen atoms in total. The molecule has 2 N–H and O–H groups in total. The summed E-state index contributed by atoms with van der Waals surface area (Å²) in [7, 11) is 0. The van der Waals surface area contributed by atoms with Gasteiger partial charge in [-0.1, -0.05) is 6.07 Å². The molecule has 2 rings (SSSR count). The van der Waals surface area contributed by atoms with E-state index >= 15 is 0 Å². The minimum Gasteiger partial charge on any atom is -0.422 e. The molecule has 104 valence electrons.